The fourth-order valence-corrected chi connectivity index (χ4v) is 2.39. The molecule has 1 saturated carbocycles. The van der Waals surface area contributed by atoms with E-state index in [9.17, 15) is 0 Å². The van der Waals surface area contributed by atoms with Gasteiger partial charge in [-0.3, -0.25) is 0 Å². The van der Waals surface area contributed by atoms with Crippen LogP contribution in [0.25, 0.3) is 22.6 Å². The van der Waals surface area contributed by atoms with Gasteiger partial charge in [-0.15, -0.1) is 10.2 Å². The minimum Gasteiger partial charge on any atom is -0.451 e. The van der Waals surface area contributed by atoms with Crippen LogP contribution >= 0.6 is 0 Å². The Morgan fingerprint density at radius 2 is 2.10 bits per heavy atom. The van der Waals surface area contributed by atoms with E-state index in [1.54, 1.807) is 0 Å². The summed E-state index contributed by atoms with van der Waals surface area (Å²) in [5.41, 5.74) is 2.04. The van der Waals surface area contributed by atoms with Gasteiger partial charge in [0.1, 0.15) is 5.58 Å². The molecule has 1 aliphatic rings. The largest absolute Gasteiger partial charge is 0.451 e. The average molecular weight is 283 g/mol. The molecule has 2 aromatic heterocycles. The van der Waals surface area contributed by atoms with Gasteiger partial charge in [0, 0.05) is 24.4 Å². The third kappa shape index (κ3) is 2.69. The Morgan fingerprint density at radius 1 is 1.19 bits per heavy atom. The molecule has 5 heteroatoms. The number of nitrogens with one attached hydrogen (secondary N) is 1. The van der Waals surface area contributed by atoms with Crippen molar-refractivity contribution in [3.05, 3.63) is 35.7 Å². The topological polar surface area (TPSA) is 64.1 Å². The van der Waals surface area contributed by atoms with Gasteiger partial charge in [0.05, 0.1) is 0 Å². The lowest BCUT2D eigenvalue weighted by molar-refractivity contribution is 0.478. The Morgan fingerprint density at radius 3 is 2.95 bits per heavy atom. The van der Waals surface area contributed by atoms with E-state index in [1.807, 2.05) is 18.2 Å². The molecular weight excluding hydrogens is 266 g/mol. The van der Waals surface area contributed by atoms with Gasteiger partial charge in [0.2, 0.25) is 5.89 Å². The van der Waals surface area contributed by atoms with Crippen LogP contribution in [-0.2, 0) is 6.42 Å². The number of hydrogen-bond donors (Lipinski definition) is 1. The van der Waals surface area contributed by atoms with Crippen LogP contribution in [0.3, 0.4) is 0 Å². The van der Waals surface area contributed by atoms with Crippen molar-refractivity contribution in [2.45, 2.75) is 32.2 Å². The van der Waals surface area contributed by atoms with E-state index in [2.05, 4.69) is 28.5 Å². The van der Waals surface area contributed by atoms with Crippen LogP contribution in [0, 0.1) is 6.92 Å². The first-order valence-corrected chi connectivity index (χ1v) is 7.34. The lowest BCUT2D eigenvalue weighted by Crippen LogP contribution is -2.19. The lowest BCUT2D eigenvalue weighted by atomic mass is 10.2. The van der Waals surface area contributed by atoms with Gasteiger partial charge < -0.3 is 14.2 Å². The maximum Gasteiger partial charge on any atom is 0.283 e. The van der Waals surface area contributed by atoms with Crippen LogP contribution in [0.2, 0.25) is 0 Å². The van der Waals surface area contributed by atoms with Crippen LogP contribution in [-0.4, -0.2) is 22.8 Å². The van der Waals surface area contributed by atoms with E-state index in [4.69, 9.17) is 8.83 Å². The Labute approximate surface area is 122 Å². The molecule has 1 N–H and O–H groups in total. The Kier molecular flexibility index (Phi) is 3.00. The third-order valence-corrected chi connectivity index (χ3v) is 3.70. The van der Waals surface area contributed by atoms with E-state index in [1.165, 1.54) is 18.4 Å². The number of aryl methyl sites for hydroxylation is 1. The van der Waals surface area contributed by atoms with Crippen LogP contribution in [0.1, 0.15) is 24.3 Å². The van der Waals surface area contributed by atoms with Crippen molar-refractivity contribution in [1.82, 2.24) is 15.5 Å². The standard InChI is InChI=1S/C16H17N3O2/c1-10-2-5-13-11(8-10)9-14(20-13)16-19-18-15(21-16)6-7-17-12-3-4-12/h2,5,8-9,12,17H,3-4,6-7H2,1H3. The molecule has 5 nitrogen and oxygen atoms in total. The van der Waals surface area contributed by atoms with Gasteiger partial charge in [0.15, 0.2) is 5.76 Å². The second-order valence-corrected chi connectivity index (χ2v) is 5.63. The van der Waals surface area contributed by atoms with E-state index in [0.717, 1.165) is 23.9 Å². The number of furan rings is 1. The maximum absolute atomic E-state index is 5.76. The summed E-state index contributed by atoms with van der Waals surface area (Å²) in [7, 11) is 0. The van der Waals surface area contributed by atoms with E-state index < -0.39 is 0 Å². The smallest absolute Gasteiger partial charge is 0.283 e. The molecule has 0 spiro atoms. The van der Waals surface area contributed by atoms with Crippen molar-refractivity contribution in [3.8, 4) is 11.7 Å². The molecule has 4 rings (SSSR count). The molecular formula is C16H17N3O2. The van der Waals surface area contributed by atoms with Crippen LogP contribution in [0.4, 0.5) is 0 Å². The number of hydrogen-bond acceptors (Lipinski definition) is 5. The second kappa shape index (κ2) is 5.00. The van der Waals surface area contributed by atoms with Gasteiger partial charge in [-0.1, -0.05) is 11.6 Å². The zero-order valence-electron chi connectivity index (χ0n) is 11.9. The van der Waals surface area contributed by atoms with Crippen molar-refractivity contribution >= 4 is 11.0 Å². The average Bonchev–Trinajstić information content (AvgIpc) is 3.00. The van der Waals surface area contributed by atoms with Gasteiger partial charge in [0.25, 0.3) is 5.89 Å². The highest BCUT2D eigenvalue weighted by Gasteiger charge is 2.20. The van der Waals surface area contributed by atoms with Crippen LogP contribution in [0.15, 0.2) is 33.1 Å². The van der Waals surface area contributed by atoms with Crippen molar-refractivity contribution < 1.29 is 8.83 Å². The van der Waals surface area contributed by atoms with E-state index in [0.29, 0.717) is 23.6 Å². The van der Waals surface area contributed by atoms with Crippen molar-refractivity contribution in [2.24, 2.45) is 0 Å². The summed E-state index contributed by atoms with van der Waals surface area (Å²) in [5, 5.41) is 12.6. The number of rotatable bonds is 5. The molecule has 0 aliphatic heterocycles. The third-order valence-electron chi connectivity index (χ3n) is 3.70. The molecule has 0 bridgehead atoms. The van der Waals surface area contributed by atoms with Gasteiger partial charge in [-0.2, -0.15) is 0 Å². The molecule has 1 aliphatic carbocycles. The van der Waals surface area contributed by atoms with E-state index >= 15 is 0 Å². The first-order valence-electron chi connectivity index (χ1n) is 7.34. The van der Waals surface area contributed by atoms with Gasteiger partial charge in [-0.25, -0.2) is 0 Å². The number of aromatic nitrogens is 2. The van der Waals surface area contributed by atoms with Gasteiger partial charge >= 0.3 is 0 Å². The number of fused-ring (bicyclic) bond motifs is 1. The number of benzene rings is 1. The Hall–Kier alpha value is -2.14. The van der Waals surface area contributed by atoms with Gasteiger partial charge in [-0.05, 0) is 38.0 Å². The molecule has 0 unspecified atom stereocenters. The number of nitrogens with zero attached hydrogens (tertiary/aromatic N) is 2. The quantitative estimate of drug-likeness (QED) is 0.779. The van der Waals surface area contributed by atoms with Crippen LogP contribution in [0.5, 0.6) is 0 Å². The first-order chi connectivity index (χ1) is 10.3. The maximum atomic E-state index is 5.76. The molecule has 0 amide bonds. The van der Waals surface area contributed by atoms with Crippen molar-refractivity contribution in [3.63, 3.8) is 0 Å². The van der Waals surface area contributed by atoms with E-state index in [-0.39, 0.29) is 0 Å². The molecule has 3 aromatic rings. The van der Waals surface area contributed by atoms with Crippen molar-refractivity contribution in [2.75, 3.05) is 6.54 Å². The highest BCUT2D eigenvalue weighted by molar-refractivity contribution is 5.82. The van der Waals surface area contributed by atoms with Crippen molar-refractivity contribution in [1.29, 1.82) is 0 Å². The minimum absolute atomic E-state index is 0.449. The summed E-state index contributed by atoms with van der Waals surface area (Å²) in [5.74, 6) is 1.73. The molecule has 108 valence electrons. The Bertz CT molecular complexity index is 771. The molecule has 21 heavy (non-hydrogen) atoms. The fourth-order valence-electron chi connectivity index (χ4n) is 2.39. The Balaban J connectivity index is 1.52. The molecule has 0 saturated heterocycles. The highest BCUT2D eigenvalue weighted by Crippen LogP contribution is 2.27. The SMILES string of the molecule is Cc1ccc2oc(-c3nnc(CCNC4CC4)o3)cc2c1. The zero-order valence-corrected chi connectivity index (χ0v) is 11.9. The highest BCUT2D eigenvalue weighted by atomic mass is 16.4. The summed E-state index contributed by atoms with van der Waals surface area (Å²) < 4.78 is 11.4. The lowest BCUT2D eigenvalue weighted by Gasteiger charge is -1.97. The molecule has 0 radical (unpaired) electrons. The minimum atomic E-state index is 0.449. The second-order valence-electron chi connectivity index (χ2n) is 5.63. The zero-order chi connectivity index (χ0) is 14.2. The monoisotopic (exact) mass is 283 g/mol. The first kappa shape index (κ1) is 12.6. The molecule has 1 fully saturated rings. The molecule has 1 aromatic carbocycles. The summed E-state index contributed by atoms with van der Waals surface area (Å²) >= 11 is 0. The predicted octanol–water partition coefficient (Wildman–Crippen LogP) is 3.09. The summed E-state index contributed by atoms with van der Waals surface area (Å²) in [4.78, 5) is 0. The van der Waals surface area contributed by atoms with Crippen LogP contribution < -0.4 is 5.32 Å². The summed E-state index contributed by atoms with van der Waals surface area (Å²) in [6.07, 6.45) is 3.32. The predicted molar refractivity (Wildman–Crippen MR) is 79.0 cm³/mol. The molecule has 2 heterocycles. The fraction of sp³-hybridized carbons (Fsp3) is 0.375. The summed E-state index contributed by atoms with van der Waals surface area (Å²) in [6.45, 7) is 2.94. The normalized spacial score (nSPS) is 14.9. The molecule has 0 atom stereocenters. The summed E-state index contributed by atoms with van der Waals surface area (Å²) in [6, 6.07) is 8.72.